The van der Waals surface area contributed by atoms with Crippen LogP contribution < -0.4 is 15.8 Å². The number of anilines is 2. The quantitative estimate of drug-likeness (QED) is 0.808. The molecule has 2 rings (SSSR count). The Morgan fingerprint density at radius 1 is 1.32 bits per heavy atom. The van der Waals surface area contributed by atoms with Crippen LogP contribution in [0.15, 0.2) is 6.33 Å². The maximum atomic E-state index is 5.96. The van der Waals surface area contributed by atoms with E-state index in [1.54, 1.807) is 0 Å². The third-order valence-corrected chi connectivity index (χ3v) is 3.30. The third kappa shape index (κ3) is 3.96. The SMILES string of the molecule is CCOc1ncnc(NCCN2CCCCC2)c1N. The maximum absolute atomic E-state index is 5.96. The van der Waals surface area contributed by atoms with Crippen molar-refractivity contribution in [3.05, 3.63) is 6.33 Å². The fourth-order valence-corrected chi connectivity index (χ4v) is 2.29. The van der Waals surface area contributed by atoms with Crippen LogP contribution in [-0.4, -0.2) is 47.7 Å². The summed E-state index contributed by atoms with van der Waals surface area (Å²) < 4.78 is 5.35. The number of nitrogen functional groups attached to an aromatic ring is 1. The molecule has 0 amide bonds. The predicted molar refractivity (Wildman–Crippen MR) is 76.4 cm³/mol. The number of hydrogen-bond donors (Lipinski definition) is 2. The van der Waals surface area contributed by atoms with Crippen LogP contribution in [0.4, 0.5) is 11.5 Å². The van der Waals surface area contributed by atoms with Gasteiger partial charge in [0.15, 0.2) is 5.82 Å². The Bertz CT molecular complexity index is 393. The molecule has 0 unspecified atom stereocenters. The maximum Gasteiger partial charge on any atom is 0.242 e. The van der Waals surface area contributed by atoms with Crippen LogP contribution in [-0.2, 0) is 0 Å². The second-order valence-corrected chi connectivity index (χ2v) is 4.70. The van der Waals surface area contributed by atoms with E-state index in [-0.39, 0.29) is 0 Å². The number of hydrogen-bond acceptors (Lipinski definition) is 6. The average Bonchev–Trinajstić information content (AvgIpc) is 2.44. The van der Waals surface area contributed by atoms with Crippen molar-refractivity contribution < 1.29 is 4.74 Å². The summed E-state index contributed by atoms with van der Waals surface area (Å²) in [6.07, 6.45) is 5.46. The van der Waals surface area contributed by atoms with E-state index in [4.69, 9.17) is 10.5 Å². The van der Waals surface area contributed by atoms with E-state index >= 15 is 0 Å². The van der Waals surface area contributed by atoms with Gasteiger partial charge >= 0.3 is 0 Å². The van der Waals surface area contributed by atoms with Crippen LogP contribution in [0.3, 0.4) is 0 Å². The molecule has 6 heteroatoms. The highest BCUT2D eigenvalue weighted by atomic mass is 16.5. The summed E-state index contributed by atoms with van der Waals surface area (Å²) in [5.41, 5.74) is 6.45. The van der Waals surface area contributed by atoms with Gasteiger partial charge in [-0.1, -0.05) is 6.42 Å². The molecule has 0 spiro atoms. The van der Waals surface area contributed by atoms with E-state index in [9.17, 15) is 0 Å². The molecular formula is C13H23N5O. The predicted octanol–water partition coefficient (Wildman–Crippen LogP) is 1.36. The summed E-state index contributed by atoms with van der Waals surface area (Å²) in [6, 6.07) is 0. The van der Waals surface area contributed by atoms with Crippen molar-refractivity contribution in [2.24, 2.45) is 0 Å². The van der Waals surface area contributed by atoms with Crippen LogP contribution >= 0.6 is 0 Å². The molecule has 0 aromatic carbocycles. The van der Waals surface area contributed by atoms with E-state index in [1.165, 1.54) is 38.7 Å². The second-order valence-electron chi connectivity index (χ2n) is 4.70. The van der Waals surface area contributed by atoms with Gasteiger partial charge in [-0.15, -0.1) is 0 Å². The third-order valence-electron chi connectivity index (χ3n) is 3.30. The highest BCUT2D eigenvalue weighted by Crippen LogP contribution is 2.24. The van der Waals surface area contributed by atoms with E-state index in [2.05, 4.69) is 20.2 Å². The first-order valence-corrected chi connectivity index (χ1v) is 7.00. The van der Waals surface area contributed by atoms with E-state index < -0.39 is 0 Å². The lowest BCUT2D eigenvalue weighted by molar-refractivity contribution is 0.237. The van der Waals surface area contributed by atoms with E-state index in [0.717, 1.165) is 13.1 Å². The Balaban J connectivity index is 1.83. The Labute approximate surface area is 114 Å². The van der Waals surface area contributed by atoms with Gasteiger partial charge in [0.25, 0.3) is 0 Å². The minimum atomic E-state index is 0.456. The summed E-state index contributed by atoms with van der Waals surface area (Å²) in [5, 5.41) is 3.26. The standard InChI is InChI=1S/C13H23N5O/c1-2-19-13-11(14)12(16-10-17-13)15-6-9-18-7-4-3-5-8-18/h10H,2-9,14H2,1H3,(H,15,16,17). The van der Waals surface area contributed by atoms with E-state index in [1.807, 2.05) is 6.92 Å². The van der Waals surface area contributed by atoms with E-state index in [0.29, 0.717) is 24.0 Å². The van der Waals surface area contributed by atoms with Crippen molar-refractivity contribution in [3.63, 3.8) is 0 Å². The van der Waals surface area contributed by atoms with Crippen LogP contribution in [0.5, 0.6) is 5.88 Å². The molecule has 1 aromatic rings. The Morgan fingerprint density at radius 2 is 2.11 bits per heavy atom. The van der Waals surface area contributed by atoms with Gasteiger partial charge in [-0.3, -0.25) is 0 Å². The molecule has 1 aliphatic rings. The smallest absolute Gasteiger partial charge is 0.242 e. The van der Waals surface area contributed by atoms with Gasteiger partial charge in [-0.2, -0.15) is 4.98 Å². The number of nitrogens with one attached hydrogen (secondary N) is 1. The van der Waals surface area contributed by atoms with Crippen molar-refractivity contribution in [2.45, 2.75) is 26.2 Å². The van der Waals surface area contributed by atoms with Crippen molar-refractivity contribution in [1.29, 1.82) is 0 Å². The van der Waals surface area contributed by atoms with Gasteiger partial charge in [-0.05, 0) is 32.9 Å². The van der Waals surface area contributed by atoms with Gasteiger partial charge in [0.1, 0.15) is 12.0 Å². The second kappa shape index (κ2) is 7.13. The van der Waals surface area contributed by atoms with Gasteiger partial charge in [-0.25, -0.2) is 4.98 Å². The summed E-state index contributed by atoms with van der Waals surface area (Å²) in [7, 11) is 0. The van der Waals surface area contributed by atoms with Gasteiger partial charge < -0.3 is 20.7 Å². The number of nitrogens with zero attached hydrogens (tertiary/aromatic N) is 3. The number of piperidine rings is 1. The zero-order valence-corrected chi connectivity index (χ0v) is 11.6. The monoisotopic (exact) mass is 265 g/mol. The summed E-state index contributed by atoms with van der Waals surface area (Å²) in [4.78, 5) is 10.6. The molecule has 1 fully saturated rings. The van der Waals surface area contributed by atoms with Crippen molar-refractivity contribution in [2.75, 3.05) is 43.8 Å². The molecule has 0 aliphatic carbocycles. The lowest BCUT2D eigenvalue weighted by Gasteiger charge is -2.26. The van der Waals surface area contributed by atoms with Gasteiger partial charge in [0.05, 0.1) is 6.61 Å². The normalized spacial score (nSPS) is 16.3. The number of aromatic nitrogens is 2. The molecule has 0 radical (unpaired) electrons. The van der Waals surface area contributed by atoms with Crippen LogP contribution in [0.25, 0.3) is 0 Å². The number of likely N-dealkylation sites (tertiary alicyclic amines) is 1. The highest BCUT2D eigenvalue weighted by Gasteiger charge is 2.11. The number of nitrogens with two attached hydrogens (primary N) is 1. The molecule has 1 aliphatic heterocycles. The molecular weight excluding hydrogens is 242 g/mol. The fourth-order valence-electron chi connectivity index (χ4n) is 2.29. The molecule has 0 saturated carbocycles. The first-order chi connectivity index (χ1) is 9.31. The fraction of sp³-hybridized carbons (Fsp3) is 0.692. The summed E-state index contributed by atoms with van der Waals surface area (Å²) in [5.74, 6) is 1.12. The lowest BCUT2D eigenvalue weighted by Crippen LogP contribution is -2.33. The van der Waals surface area contributed by atoms with Crippen LogP contribution in [0.2, 0.25) is 0 Å². The van der Waals surface area contributed by atoms with Crippen LogP contribution in [0, 0.1) is 0 Å². The molecule has 0 atom stereocenters. The number of rotatable bonds is 6. The zero-order valence-electron chi connectivity index (χ0n) is 11.6. The van der Waals surface area contributed by atoms with Crippen molar-refractivity contribution in [1.82, 2.24) is 14.9 Å². The molecule has 19 heavy (non-hydrogen) atoms. The minimum absolute atomic E-state index is 0.456. The Kier molecular flexibility index (Phi) is 5.20. The molecule has 6 nitrogen and oxygen atoms in total. The van der Waals surface area contributed by atoms with Crippen LogP contribution in [0.1, 0.15) is 26.2 Å². The molecule has 1 aromatic heterocycles. The van der Waals surface area contributed by atoms with Crippen molar-refractivity contribution in [3.8, 4) is 5.88 Å². The Hall–Kier alpha value is -1.56. The minimum Gasteiger partial charge on any atom is -0.476 e. The zero-order chi connectivity index (χ0) is 13.5. The first kappa shape index (κ1) is 13.9. The molecule has 0 bridgehead atoms. The summed E-state index contributed by atoms with van der Waals surface area (Å²) >= 11 is 0. The first-order valence-electron chi connectivity index (χ1n) is 7.00. The average molecular weight is 265 g/mol. The highest BCUT2D eigenvalue weighted by molar-refractivity contribution is 5.66. The number of ether oxygens (including phenoxy) is 1. The summed E-state index contributed by atoms with van der Waals surface area (Å²) in [6.45, 7) is 6.72. The Morgan fingerprint density at radius 3 is 2.84 bits per heavy atom. The molecule has 3 N–H and O–H groups in total. The lowest BCUT2D eigenvalue weighted by atomic mass is 10.1. The van der Waals surface area contributed by atoms with Gasteiger partial charge in [0.2, 0.25) is 5.88 Å². The molecule has 2 heterocycles. The van der Waals surface area contributed by atoms with Crippen molar-refractivity contribution >= 4 is 11.5 Å². The molecule has 1 saturated heterocycles. The molecule has 106 valence electrons. The topological polar surface area (TPSA) is 76.3 Å². The largest absolute Gasteiger partial charge is 0.476 e. The van der Waals surface area contributed by atoms with Gasteiger partial charge in [0, 0.05) is 13.1 Å².